The zero-order valence-electron chi connectivity index (χ0n) is 12.9. The second-order valence-electron chi connectivity index (χ2n) is 5.84. The van der Waals surface area contributed by atoms with E-state index in [-0.39, 0.29) is 6.10 Å². The van der Waals surface area contributed by atoms with E-state index in [0.29, 0.717) is 11.6 Å². The summed E-state index contributed by atoms with van der Waals surface area (Å²) in [6.07, 6.45) is 2.27. The van der Waals surface area contributed by atoms with E-state index < -0.39 is 0 Å². The van der Waals surface area contributed by atoms with E-state index in [1.807, 2.05) is 41.2 Å². The largest absolute Gasteiger partial charge is 0.376 e. The predicted molar refractivity (Wildman–Crippen MR) is 84.0 cm³/mol. The maximum absolute atomic E-state index is 8.85. The number of hydrogen-bond donors (Lipinski definition) is 0. The molecule has 2 aromatic rings. The molecule has 0 saturated carbocycles. The monoisotopic (exact) mass is 296 g/mol. The number of morpholine rings is 1. The Morgan fingerprint density at radius 2 is 2.05 bits per heavy atom. The van der Waals surface area contributed by atoms with Gasteiger partial charge in [-0.25, -0.2) is 0 Å². The first kappa shape index (κ1) is 14.8. The lowest BCUT2D eigenvalue weighted by Gasteiger charge is -2.36. The minimum atomic E-state index is 0.268. The standard InChI is InChI=1S/C17H20N4O/c1-13-11-22-14(2)10-20(13)12-21-8-7-17(19-21)16-5-3-15(9-18)4-6-16/h3-8,13-14H,10-12H2,1-2H3/t13-,14+/m1/s1. The molecule has 1 saturated heterocycles. The molecule has 1 fully saturated rings. The van der Waals surface area contributed by atoms with Crippen LogP contribution < -0.4 is 0 Å². The van der Waals surface area contributed by atoms with Crippen LogP contribution in [0.15, 0.2) is 36.5 Å². The van der Waals surface area contributed by atoms with Crippen LogP contribution in [0.25, 0.3) is 11.3 Å². The van der Waals surface area contributed by atoms with Gasteiger partial charge < -0.3 is 4.74 Å². The van der Waals surface area contributed by atoms with Crippen molar-refractivity contribution >= 4 is 0 Å². The van der Waals surface area contributed by atoms with E-state index in [4.69, 9.17) is 10.00 Å². The lowest BCUT2D eigenvalue weighted by molar-refractivity contribution is -0.0622. The van der Waals surface area contributed by atoms with E-state index in [0.717, 1.165) is 31.1 Å². The Morgan fingerprint density at radius 3 is 2.77 bits per heavy atom. The Kier molecular flexibility index (Phi) is 4.23. The molecule has 0 amide bonds. The van der Waals surface area contributed by atoms with Crippen LogP contribution in [0.2, 0.25) is 0 Å². The maximum Gasteiger partial charge on any atom is 0.0991 e. The third-order valence-electron chi connectivity index (χ3n) is 4.01. The molecule has 0 spiro atoms. The van der Waals surface area contributed by atoms with Gasteiger partial charge in [0.15, 0.2) is 0 Å². The molecule has 1 aromatic heterocycles. The quantitative estimate of drug-likeness (QED) is 0.873. The summed E-state index contributed by atoms with van der Waals surface area (Å²) in [5.41, 5.74) is 2.62. The lowest BCUT2D eigenvalue weighted by atomic mass is 10.1. The van der Waals surface area contributed by atoms with Crippen LogP contribution in [0.5, 0.6) is 0 Å². The van der Waals surface area contributed by atoms with E-state index in [9.17, 15) is 0 Å². The summed E-state index contributed by atoms with van der Waals surface area (Å²) in [4.78, 5) is 2.38. The fourth-order valence-electron chi connectivity index (χ4n) is 2.66. The van der Waals surface area contributed by atoms with Crippen LogP contribution >= 0.6 is 0 Å². The highest BCUT2D eigenvalue weighted by atomic mass is 16.5. The van der Waals surface area contributed by atoms with Crippen molar-refractivity contribution in [3.63, 3.8) is 0 Å². The van der Waals surface area contributed by atoms with E-state index in [1.54, 1.807) is 0 Å². The van der Waals surface area contributed by atoms with Gasteiger partial charge in [-0.3, -0.25) is 9.58 Å². The van der Waals surface area contributed by atoms with Gasteiger partial charge in [-0.1, -0.05) is 12.1 Å². The summed E-state index contributed by atoms with van der Waals surface area (Å²) in [6, 6.07) is 12.1. The average molecular weight is 296 g/mol. The fraction of sp³-hybridized carbons (Fsp3) is 0.412. The van der Waals surface area contributed by atoms with Gasteiger partial charge in [-0.2, -0.15) is 10.4 Å². The molecule has 1 aliphatic rings. The summed E-state index contributed by atoms with van der Waals surface area (Å²) in [5, 5.41) is 13.5. The fourth-order valence-corrected chi connectivity index (χ4v) is 2.66. The zero-order chi connectivity index (χ0) is 15.5. The highest BCUT2D eigenvalue weighted by molar-refractivity contribution is 5.59. The Morgan fingerprint density at radius 1 is 1.27 bits per heavy atom. The molecule has 0 N–H and O–H groups in total. The second kappa shape index (κ2) is 6.30. The average Bonchev–Trinajstić information content (AvgIpc) is 2.99. The highest BCUT2D eigenvalue weighted by Crippen LogP contribution is 2.18. The van der Waals surface area contributed by atoms with Gasteiger partial charge in [0.2, 0.25) is 0 Å². The second-order valence-corrected chi connectivity index (χ2v) is 5.84. The Bertz CT molecular complexity index is 671. The van der Waals surface area contributed by atoms with Crippen LogP contribution in [0, 0.1) is 11.3 Å². The Labute approximate surface area is 130 Å². The van der Waals surface area contributed by atoms with E-state index in [2.05, 4.69) is 29.9 Å². The molecule has 5 heteroatoms. The molecule has 22 heavy (non-hydrogen) atoms. The molecular weight excluding hydrogens is 276 g/mol. The maximum atomic E-state index is 8.85. The first-order valence-corrected chi connectivity index (χ1v) is 7.55. The summed E-state index contributed by atoms with van der Waals surface area (Å²) in [7, 11) is 0. The van der Waals surface area contributed by atoms with Gasteiger partial charge in [0.05, 0.1) is 36.7 Å². The lowest BCUT2D eigenvalue weighted by Crippen LogP contribution is -2.47. The first-order valence-electron chi connectivity index (χ1n) is 7.55. The SMILES string of the molecule is C[C@@H]1CO[C@@H](C)CN1Cn1ccc(-c2ccc(C#N)cc2)n1. The zero-order valence-corrected chi connectivity index (χ0v) is 12.9. The van der Waals surface area contributed by atoms with Crippen LogP contribution in [-0.4, -0.2) is 40.0 Å². The number of aromatic nitrogens is 2. The van der Waals surface area contributed by atoms with E-state index in [1.165, 1.54) is 0 Å². The van der Waals surface area contributed by atoms with E-state index >= 15 is 0 Å². The van der Waals surface area contributed by atoms with Crippen LogP contribution in [0.1, 0.15) is 19.4 Å². The summed E-state index contributed by atoms with van der Waals surface area (Å²) >= 11 is 0. The van der Waals surface area contributed by atoms with Gasteiger partial charge in [-0.15, -0.1) is 0 Å². The Hall–Kier alpha value is -2.16. The predicted octanol–water partition coefficient (Wildman–Crippen LogP) is 2.49. The van der Waals surface area contributed by atoms with Gasteiger partial charge in [0.25, 0.3) is 0 Å². The molecule has 0 bridgehead atoms. The third kappa shape index (κ3) is 3.19. The van der Waals surface area contributed by atoms with Crippen molar-refractivity contribution in [1.29, 1.82) is 5.26 Å². The molecule has 5 nitrogen and oxygen atoms in total. The molecular formula is C17H20N4O. The minimum Gasteiger partial charge on any atom is -0.376 e. The number of hydrogen-bond acceptors (Lipinski definition) is 4. The van der Waals surface area contributed by atoms with Crippen molar-refractivity contribution in [2.45, 2.75) is 32.7 Å². The summed E-state index contributed by atoms with van der Waals surface area (Å²) < 4.78 is 7.62. The normalized spacial score (nSPS) is 22.4. The Balaban J connectivity index is 1.71. The van der Waals surface area contributed by atoms with Gasteiger partial charge in [-0.05, 0) is 32.0 Å². The molecule has 2 atom stereocenters. The number of nitriles is 1. The molecule has 0 aliphatic carbocycles. The van der Waals surface area contributed by atoms with Crippen molar-refractivity contribution in [2.24, 2.45) is 0 Å². The molecule has 3 rings (SSSR count). The molecule has 1 aromatic carbocycles. The molecule has 0 radical (unpaired) electrons. The topological polar surface area (TPSA) is 54.1 Å². The van der Waals surface area contributed by atoms with Gasteiger partial charge in [0, 0.05) is 24.3 Å². The van der Waals surface area contributed by atoms with Crippen LogP contribution in [0.4, 0.5) is 0 Å². The van der Waals surface area contributed by atoms with Crippen molar-refractivity contribution in [1.82, 2.24) is 14.7 Å². The van der Waals surface area contributed by atoms with Crippen molar-refractivity contribution < 1.29 is 4.74 Å². The van der Waals surface area contributed by atoms with Crippen molar-refractivity contribution in [3.05, 3.63) is 42.1 Å². The minimum absolute atomic E-state index is 0.268. The smallest absolute Gasteiger partial charge is 0.0991 e. The molecule has 2 heterocycles. The highest BCUT2D eigenvalue weighted by Gasteiger charge is 2.23. The number of rotatable bonds is 3. The molecule has 114 valence electrons. The van der Waals surface area contributed by atoms with Crippen molar-refractivity contribution in [2.75, 3.05) is 13.2 Å². The molecule has 1 aliphatic heterocycles. The third-order valence-corrected chi connectivity index (χ3v) is 4.01. The number of ether oxygens (including phenoxy) is 1. The first-order chi connectivity index (χ1) is 10.7. The van der Waals surface area contributed by atoms with Gasteiger partial charge in [0.1, 0.15) is 0 Å². The summed E-state index contributed by atoms with van der Waals surface area (Å²) in [5.74, 6) is 0. The summed E-state index contributed by atoms with van der Waals surface area (Å²) in [6.45, 7) is 6.74. The molecule has 0 unspecified atom stereocenters. The van der Waals surface area contributed by atoms with Crippen LogP contribution in [-0.2, 0) is 11.4 Å². The van der Waals surface area contributed by atoms with Gasteiger partial charge >= 0.3 is 0 Å². The number of nitrogens with zero attached hydrogens (tertiary/aromatic N) is 4. The number of benzene rings is 1. The van der Waals surface area contributed by atoms with Crippen molar-refractivity contribution in [3.8, 4) is 17.3 Å². The van der Waals surface area contributed by atoms with Crippen LogP contribution in [0.3, 0.4) is 0 Å².